The summed E-state index contributed by atoms with van der Waals surface area (Å²) in [7, 11) is 1.52. The van der Waals surface area contributed by atoms with Crippen molar-refractivity contribution in [3.63, 3.8) is 0 Å². The first kappa shape index (κ1) is 26.9. The minimum atomic E-state index is -4.77. The Morgan fingerprint density at radius 3 is 2.36 bits per heavy atom. The number of carbonyl (C=O) groups is 1. The molecule has 1 aromatic heterocycles. The molecule has 1 heterocycles. The average molecular weight is 516 g/mol. The van der Waals surface area contributed by atoms with Crippen LogP contribution in [0.1, 0.15) is 30.9 Å². The maximum absolute atomic E-state index is 13.8. The van der Waals surface area contributed by atoms with Crippen LogP contribution in [0.2, 0.25) is 0 Å². The van der Waals surface area contributed by atoms with Crippen LogP contribution in [-0.4, -0.2) is 30.4 Å². The molecule has 10 heteroatoms. The van der Waals surface area contributed by atoms with E-state index in [4.69, 9.17) is 9.47 Å². The van der Waals surface area contributed by atoms with E-state index in [1.54, 1.807) is 54.6 Å². The largest absolute Gasteiger partial charge is 0.497 e. The lowest BCUT2D eigenvalue weighted by Crippen LogP contribution is -2.15. The molecule has 0 unspecified atom stereocenters. The second-order valence-corrected chi connectivity index (χ2v) is 8.60. The summed E-state index contributed by atoms with van der Waals surface area (Å²) in [5, 5.41) is 12.0. The van der Waals surface area contributed by atoms with Gasteiger partial charge in [-0.1, -0.05) is 25.1 Å². The number of alkyl halides is 3. The van der Waals surface area contributed by atoms with Crippen LogP contribution in [-0.2, 0) is 11.0 Å². The van der Waals surface area contributed by atoms with Crippen molar-refractivity contribution >= 4 is 23.4 Å². The molecule has 0 saturated heterocycles. The van der Waals surface area contributed by atoms with Crippen molar-refractivity contribution in [2.45, 2.75) is 31.0 Å². The number of carbonyl (C=O) groups excluding carboxylic acids is 1. The first-order valence-electron chi connectivity index (χ1n) is 11.1. The van der Waals surface area contributed by atoms with Gasteiger partial charge >= 0.3 is 6.18 Å². The smallest absolute Gasteiger partial charge is 0.417 e. The number of anilines is 1. The number of nitrogens with zero attached hydrogens (tertiary/aromatic N) is 2. The Balaban J connectivity index is 1.84. The molecule has 0 bridgehead atoms. The third-order valence-corrected chi connectivity index (χ3v) is 6.01. The number of benzene rings is 2. The van der Waals surface area contributed by atoms with Gasteiger partial charge < -0.3 is 14.8 Å². The van der Waals surface area contributed by atoms with Gasteiger partial charge in [0.1, 0.15) is 22.6 Å². The van der Waals surface area contributed by atoms with E-state index in [1.165, 1.54) is 7.11 Å². The number of pyridine rings is 1. The summed E-state index contributed by atoms with van der Waals surface area (Å²) in [6.45, 7) is 2.59. The highest BCUT2D eigenvalue weighted by Crippen LogP contribution is 2.38. The van der Waals surface area contributed by atoms with Crippen LogP contribution in [0, 0.1) is 11.3 Å². The molecule has 0 aliphatic carbocycles. The van der Waals surface area contributed by atoms with Crippen molar-refractivity contribution in [1.82, 2.24) is 4.98 Å². The van der Waals surface area contributed by atoms with E-state index in [2.05, 4.69) is 10.3 Å². The third kappa shape index (κ3) is 7.15. The fourth-order valence-corrected chi connectivity index (χ4v) is 3.97. The van der Waals surface area contributed by atoms with Crippen molar-refractivity contribution in [3.05, 3.63) is 65.7 Å². The van der Waals surface area contributed by atoms with E-state index in [-0.39, 0.29) is 16.5 Å². The Morgan fingerprint density at radius 1 is 1.11 bits per heavy atom. The highest BCUT2D eigenvalue weighted by atomic mass is 32.2. The first-order chi connectivity index (χ1) is 17.2. The molecule has 36 heavy (non-hydrogen) atoms. The Kier molecular flexibility index (Phi) is 9.19. The van der Waals surface area contributed by atoms with Gasteiger partial charge in [0.05, 0.1) is 36.3 Å². The summed E-state index contributed by atoms with van der Waals surface area (Å²) in [4.78, 5) is 16.7. The number of hydrogen-bond donors (Lipinski definition) is 1. The number of halogens is 3. The molecule has 6 nitrogen and oxygen atoms in total. The number of methoxy groups -OCH3 is 1. The molecule has 0 fully saturated rings. The number of thioether (sulfide) groups is 1. The van der Waals surface area contributed by atoms with Crippen LogP contribution < -0.4 is 14.8 Å². The van der Waals surface area contributed by atoms with Gasteiger partial charge in [-0.3, -0.25) is 4.79 Å². The van der Waals surface area contributed by atoms with Crippen LogP contribution in [0.25, 0.3) is 11.3 Å². The number of rotatable bonds is 10. The van der Waals surface area contributed by atoms with Gasteiger partial charge in [0.2, 0.25) is 5.91 Å². The number of hydrogen-bond acceptors (Lipinski definition) is 6. The zero-order valence-corrected chi connectivity index (χ0v) is 20.5. The van der Waals surface area contributed by atoms with Crippen LogP contribution in [0.15, 0.2) is 59.6 Å². The lowest BCUT2D eigenvalue weighted by molar-refractivity contribution is -0.138. The first-order valence-corrected chi connectivity index (χ1v) is 12.1. The van der Waals surface area contributed by atoms with Crippen LogP contribution in [0.5, 0.6) is 11.5 Å². The van der Waals surface area contributed by atoms with Crippen LogP contribution >= 0.6 is 11.8 Å². The molecule has 0 aliphatic heterocycles. The van der Waals surface area contributed by atoms with E-state index in [0.717, 1.165) is 30.7 Å². The summed E-state index contributed by atoms with van der Waals surface area (Å²) < 4.78 is 52.1. The number of ether oxygens (including phenoxy) is 2. The van der Waals surface area contributed by atoms with Crippen LogP contribution in [0.3, 0.4) is 0 Å². The number of nitriles is 1. The van der Waals surface area contributed by atoms with Crippen molar-refractivity contribution in [3.8, 4) is 28.8 Å². The standard InChI is InChI=1S/C26H24F3N3O3S/c1-3-4-13-35-20-9-5-17(6-10-20)23-14-22(26(27,28)29)21(15-30)25(32-23)36-16-24(33)31-18-7-11-19(34-2)12-8-18/h5-12,14H,3-4,13,16H2,1-2H3,(H,31,33). The summed E-state index contributed by atoms with van der Waals surface area (Å²) in [6.07, 6.45) is -2.90. The van der Waals surface area contributed by atoms with Gasteiger partial charge in [-0.25, -0.2) is 4.98 Å². The Labute approximate surface area is 211 Å². The third-order valence-electron chi connectivity index (χ3n) is 5.03. The van der Waals surface area contributed by atoms with E-state index in [9.17, 15) is 23.2 Å². The van der Waals surface area contributed by atoms with Gasteiger partial charge in [0.25, 0.3) is 0 Å². The van der Waals surface area contributed by atoms with Gasteiger partial charge in [0.15, 0.2) is 0 Å². The SMILES string of the molecule is CCCCOc1ccc(-c2cc(C(F)(F)F)c(C#N)c(SCC(=O)Nc3ccc(OC)cc3)n2)cc1. The Hall–Kier alpha value is -3.71. The molecule has 0 aliphatic rings. The van der Waals surface area contributed by atoms with E-state index in [1.807, 2.05) is 6.92 Å². The number of unbranched alkanes of at least 4 members (excludes halogenated alkanes) is 1. The fourth-order valence-electron chi connectivity index (χ4n) is 3.17. The van der Waals surface area contributed by atoms with E-state index < -0.39 is 23.2 Å². The monoisotopic (exact) mass is 515 g/mol. The number of amides is 1. The van der Waals surface area contributed by atoms with Crippen molar-refractivity contribution in [1.29, 1.82) is 5.26 Å². The number of nitrogens with one attached hydrogen (secondary N) is 1. The lowest BCUT2D eigenvalue weighted by Gasteiger charge is -2.14. The van der Waals surface area contributed by atoms with E-state index >= 15 is 0 Å². The number of aromatic nitrogens is 1. The maximum Gasteiger partial charge on any atom is 0.417 e. The van der Waals surface area contributed by atoms with Crippen molar-refractivity contribution in [2.24, 2.45) is 0 Å². The quantitative estimate of drug-likeness (QED) is 0.243. The molecule has 0 saturated carbocycles. The second-order valence-electron chi connectivity index (χ2n) is 7.64. The highest BCUT2D eigenvalue weighted by molar-refractivity contribution is 8.00. The molecule has 3 rings (SSSR count). The highest BCUT2D eigenvalue weighted by Gasteiger charge is 2.36. The average Bonchev–Trinajstić information content (AvgIpc) is 2.87. The summed E-state index contributed by atoms with van der Waals surface area (Å²) in [5.74, 6) is 0.519. The topological polar surface area (TPSA) is 84.2 Å². The molecule has 188 valence electrons. The minimum Gasteiger partial charge on any atom is -0.497 e. The minimum absolute atomic E-state index is 0.0412. The van der Waals surface area contributed by atoms with Crippen molar-refractivity contribution in [2.75, 3.05) is 24.8 Å². The second kappa shape index (κ2) is 12.3. The molecule has 2 aromatic carbocycles. The summed E-state index contributed by atoms with van der Waals surface area (Å²) in [5.41, 5.74) is -0.748. The van der Waals surface area contributed by atoms with Crippen molar-refractivity contribution < 1.29 is 27.4 Å². The van der Waals surface area contributed by atoms with Gasteiger partial charge in [0, 0.05) is 11.3 Å². The van der Waals surface area contributed by atoms with Gasteiger partial charge in [-0.15, -0.1) is 0 Å². The molecule has 0 radical (unpaired) electrons. The molecular weight excluding hydrogens is 491 g/mol. The maximum atomic E-state index is 13.8. The van der Waals surface area contributed by atoms with Crippen LogP contribution in [0.4, 0.5) is 18.9 Å². The summed E-state index contributed by atoms with van der Waals surface area (Å²) >= 11 is 0.767. The molecule has 3 aromatic rings. The Bertz CT molecular complexity index is 1220. The molecule has 0 spiro atoms. The Morgan fingerprint density at radius 2 is 1.78 bits per heavy atom. The van der Waals surface area contributed by atoms with Gasteiger partial charge in [-0.2, -0.15) is 18.4 Å². The zero-order chi connectivity index (χ0) is 26.1. The molecule has 1 N–H and O–H groups in total. The summed E-state index contributed by atoms with van der Waals surface area (Å²) in [6, 6.07) is 15.6. The predicted octanol–water partition coefficient (Wildman–Crippen LogP) is 6.56. The molecular formula is C26H24F3N3O3S. The predicted molar refractivity (Wildman–Crippen MR) is 132 cm³/mol. The molecule has 1 amide bonds. The normalized spacial score (nSPS) is 11.0. The lowest BCUT2D eigenvalue weighted by atomic mass is 10.1. The fraction of sp³-hybridized carbons (Fsp3) is 0.269. The van der Waals surface area contributed by atoms with E-state index in [0.29, 0.717) is 29.4 Å². The van der Waals surface area contributed by atoms with Gasteiger partial charge in [-0.05, 0) is 61.0 Å². The zero-order valence-electron chi connectivity index (χ0n) is 19.7. The molecule has 0 atom stereocenters.